The number of rotatable bonds is 3. The zero-order valence-electron chi connectivity index (χ0n) is 10.5. The fourth-order valence-electron chi connectivity index (χ4n) is 2.78. The molecule has 2 aliphatic heterocycles. The molecule has 0 spiro atoms. The van der Waals surface area contributed by atoms with E-state index in [2.05, 4.69) is 5.32 Å². The number of fused-ring (bicyclic) bond motifs is 4. The van der Waals surface area contributed by atoms with Crippen LogP contribution in [0.15, 0.2) is 18.2 Å². The van der Waals surface area contributed by atoms with Gasteiger partial charge in [-0.15, -0.1) is 0 Å². The fraction of sp³-hybridized carbons (Fsp3) is 0.500. The van der Waals surface area contributed by atoms with Crippen molar-refractivity contribution in [2.75, 3.05) is 11.9 Å². The second-order valence-electron chi connectivity index (χ2n) is 5.19. The third-order valence-electron chi connectivity index (χ3n) is 3.83. The molecule has 0 aromatic heterocycles. The Hall–Kier alpha value is -1.59. The Labute approximate surface area is 111 Å². The number of aliphatic hydroxyl groups is 1. The molecule has 5 nitrogen and oxygen atoms in total. The Bertz CT molecular complexity index is 502. The molecule has 0 amide bonds. The van der Waals surface area contributed by atoms with Gasteiger partial charge in [-0.25, -0.2) is 0 Å². The summed E-state index contributed by atoms with van der Waals surface area (Å²) in [5, 5.41) is 21.8. The highest BCUT2D eigenvalue weighted by Gasteiger charge is 2.36. The highest BCUT2D eigenvalue weighted by Crippen LogP contribution is 2.39. The van der Waals surface area contributed by atoms with Gasteiger partial charge in [-0.3, -0.25) is 4.79 Å². The maximum absolute atomic E-state index is 10.6. The van der Waals surface area contributed by atoms with Crippen molar-refractivity contribution in [3.63, 3.8) is 0 Å². The molecule has 3 N–H and O–H groups in total. The zero-order valence-corrected chi connectivity index (χ0v) is 10.5. The van der Waals surface area contributed by atoms with Gasteiger partial charge in [-0.1, -0.05) is 12.1 Å². The first kappa shape index (κ1) is 12.4. The maximum Gasteiger partial charge on any atom is 0.303 e. The van der Waals surface area contributed by atoms with E-state index in [-0.39, 0.29) is 18.6 Å². The summed E-state index contributed by atoms with van der Waals surface area (Å²) in [6.45, 7) is 0.348. The van der Waals surface area contributed by atoms with Crippen LogP contribution < -0.4 is 5.32 Å². The molecule has 1 aromatic rings. The van der Waals surface area contributed by atoms with Crippen LogP contribution in [0.5, 0.6) is 0 Å². The number of ether oxygens (including phenoxy) is 1. The van der Waals surface area contributed by atoms with Gasteiger partial charge in [0.25, 0.3) is 0 Å². The van der Waals surface area contributed by atoms with Crippen LogP contribution in [0.4, 0.5) is 5.69 Å². The van der Waals surface area contributed by atoms with Crippen molar-refractivity contribution in [3.05, 3.63) is 29.3 Å². The molecule has 2 heterocycles. The lowest BCUT2D eigenvalue weighted by Gasteiger charge is -2.40. The molecule has 3 atom stereocenters. The molecular formula is C14H17NO4. The monoisotopic (exact) mass is 263 g/mol. The largest absolute Gasteiger partial charge is 0.481 e. The molecule has 1 fully saturated rings. The lowest BCUT2D eigenvalue weighted by Crippen LogP contribution is -2.45. The molecule has 0 unspecified atom stereocenters. The molecule has 2 aliphatic rings. The number of benzene rings is 1. The number of aliphatic hydroxyl groups excluding tert-OH is 1. The van der Waals surface area contributed by atoms with E-state index in [1.807, 2.05) is 18.2 Å². The molecule has 0 radical (unpaired) electrons. The van der Waals surface area contributed by atoms with Crippen molar-refractivity contribution in [1.29, 1.82) is 0 Å². The van der Waals surface area contributed by atoms with E-state index < -0.39 is 12.1 Å². The van der Waals surface area contributed by atoms with Gasteiger partial charge in [0, 0.05) is 24.1 Å². The summed E-state index contributed by atoms with van der Waals surface area (Å²) < 4.78 is 5.66. The number of carboxylic acid groups (broad SMARTS) is 1. The van der Waals surface area contributed by atoms with Gasteiger partial charge in [-0.05, 0) is 18.1 Å². The van der Waals surface area contributed by atoms with Gasteiger partial charge in [0.1, 0.15) is 0 Å². The molecule has 19 heavy (non-hydrogen) atoms. The number of carbonyl (C=O) groups is 1. The first-order chi connectivity index (χ1) is 9.13. The summed E-state index contributed by atoms with van der Waals surface area (Å²) in [6.07, 6.45) is 0.974. The molecule has 0 aliphatic carbocycles. The molecule has 5 heteroatoms. The van der Waals surface area contributed by atoms with Gasteiger partial charge >= 0.3 is 5.97 Å². The maximum atomic E-state index is 10.6. The van der Waals surface area contributed by atoms with Crippen LogP contribution in [-0.4, -0.2) is 34.9 Å². The second-order valence-corrected chi connectivity index (χ2v) is 5.19. The highest BCUT2D eigenvalue weighted by molar-refractivity contribution is 5.67. The molecular weight excluding hydrogens is 246 g/mol. The Morgan fingerprint density at radius 3 is 3.11 bits per heavy atom. The van der Waals surface area contributed by atoms with Crippen LogP contribution in [0, 0.1) is 0 Å². The summed E-state index contributed by atoms with van der Waals surface area (Å²) in [5.74, 6) is -0.784. The first-order valence-corrected chi connectivity index (χ1v) is 6.54. The fourth-order valence-corrected chi connectivity index (χ4v) is 2.78. The summed E-state index contributed by atoms with van der Waals surface area (Å²) in [7, 11) is 0. The second kappa shape index (κ2) is 4.83. The number of anilines is 1. The Morgan fingerprint density at radius 2 is 2.32 bits per heavy atom. The lowest BCUT2D eigenvalue weighted by atomic mass is 9.88. The quantitative estimate of drug-likeness (QED) is 0.766. The summed E-state index contributed by atoms with van der Waals surface area (Å²) >= 11 is 0. The molecule has 1 aromatic carbocycles. The van der Waals surface area contributed by atoms with Crippen molar-refractivity contribution < 1.29 is 19.7 Å². The normalized spacial score (nSPS) is 28.4. The van der Waals surface area contributed by atoms with E-state index in [0.29, 0.717) is 13.0 Å². The summed E-state index contributed by atoms with van der Waals surface area (Å²) in [6, 6.07) is 5.95. The number of aryl methyl sites for hydroxylation is 1. The average Bonchev–Trinajstić information content (AvgIpc) is 2.41. The summed E-state index contributed by atoms with van der Waals surface area (Å²) in [5.41, 5.74) is 3.07. The Morgan fingerprint density at radius 1 is 1.47 bits per heavy atom. The molecule has 3 rings (SSSR count). The van der Waals surface area contributed by atoms with Gasteiger partial charge < -0.3 is 20.3 Å². The predicted molar refractivity (Wildman–Crippen MR) is 69.1 cm³/mol. The van der Waals surface area contributed by atoms with Gasteiger partial charge in [0.05, 0.1) is 24.9 Å². The number of carboxylic acids is 1. The van der Waals surface area contributed by atoms with Crippen LogP contribution in [0.1, 0.15) is 30.1 Å². The molecule has 102 valence electrons. The standard InChI is InChI=1S/C14H17NO4/c16-12-7-19-13-6-11(12)15-10-3-1-8(5-9(10)13)2-4-14(17)18/h1,3,5,11-13,15-16H,2,4,6-7H2,(H,17,18)/t11-,12+,13+/m0/s1. The van der Waals surface area contributed by atoms with Crippen molar-refractivity contribution >= 4 is 11.7 Å². The van der Waals surface area contributed by atoms with Crippen LogP contribution in [-0.2, 0) is 16.0 Å². The van der Waals surface area contributed by atoms with Gasteiger partial charge in [-0.2, -0.15) is 0 Å². The van der Waals surface area contributed by atoms with Gasteiger partial charge in [0.15, 0.2) is 0 Å². The van der Waals surface area contributed by atoms with Crippen LogP contribution in [0.3, 0.4) is 0 Å². The van der Waals surface area contributed by atoms with E-state index in [4.69, 9.17) is 9.84 Å². The van der Waals surface area contributed by atoms with Crippen molar-refractivity contribution in [2.24, 2.45) is 0 Å². The minimum Gasteiger partial charge on any atom is -0.481 e. The predicted octanol–water partition coefficient (Wildman–Crippen LogP) is 1.32. The zero-order chi connectivity index (χ0) is 13.4. The van der Waals surface area contributed by atoms with Crippen LogP contribution >= 0.6 is 0 Å². The van der Waals surface area contributed by atoms with E-state index in [9.17, 15) is 9.90 Å². The third-order valence-corrected chi connectivity index (χ3v) is 3.83. The van der Waals surface area contributed by atoms with Gasteiger partial charge in [0.2, 0.25) is 0 Å². The minimum atomic E-state index is -0.784. The number of aliphatic carboxylic acids is 1. The number of hydrogen-bond acceptors (Lipinski definition) is 4. The number of nitrogens with one attached hydrogen (secondary N) is 1. The molecule has 2 bridgehead atoms. The average molecular weight is 263 g/mol. The van der Waals surface area contributed by atoms with E-state index in [1.54, 1.807) is 0 Å². The Kier molecular flexibility index (Phi) is 3.16. The van der Waals surface area contributed by atoms with Crippen LogP contribution in [0.25, 0.3) is 0 Å². The molecule has 1 saturated heterocycles. The summed E-state index contributed by atoms with van der Waals surface area (Å²) in [4.78, 5) is 10.6. The van der Waals surface area contributed by atoms with Crippen molar-refractivity contribution in [1.82, 2.24) is 0 Å². The smallest absolute Gasteiger partial charge is 0.303 e. The van der Waals surface area contributed by atoms with E-state index in [0.717, 1.165) is 23.2 Å². The van der Waals surface area contributed by atoms with E-state index in [1.165, 1.54) is 0 Å². The van der Waals surface area contributed by atoms with Crippen molar-refractivity contribution in [2.45, 2.75) is 37.5 Å². The topological polar surface area (TPSA) is 78.8 Å². The third kappa shape index (κ3) is 2.43. The number of hydrogen-bond donors (Lipinski definition) is 3. The first-order valence-electron chi connectivity index (χ1n) is 6.54. The lowest BCUT2D eigenvalue weighted by molar-refractivity contribution is -0.136. The molecule has 0 saturated carbocycles. The van der Waals surface area contributed by atoms with E-state index >= 15 is 0 Å². The van der Waals surface area contributed by atoms with Crippen molar-refractivity contribution in [3.8, 4) is 0 Å². The minimum absolute atomic E-state index is 0.00873. The van der Waals surface area contributed by atoms with Crippen LogP contribution in [0.2, 0.25) is 0 Å². The SMILES string of the molecule is O=C(O)CCc1ccc2c(c1)[C@H]1C[C@H](N2)[C@H](O)CO1. The Balaban J connectivity index is 1.83. The highest BCUT2D eigenvalue weighted by atomic mass is 16.5.